The van der Waals surface area contributed by atoms with Gasteiger partial charge in [0.05, 0.1) is 5.56 Å². The van der Waals surface area contributed by atoms with Crippen molar-refractivity contribution in [2.75, 3.05) is 12.3 Å². The van der Waals surface area contributed by atoms with Crippen molar-refractivity contribution >= 4 is 17.5 Å². The van der Waals surface area contributed by atoms with E-state index in [2.05, 4.69) is 10.6 Å². The topological polar surface area (TPSA) is 84.2 Å². The van der Waals surface area contributed by atoms with Gasteiger partial charge in [-0.05, 0) is 42.2 Å². The van der Waals surface area contributed by atoms with Crippen molar-refractivity contribution in [3.63, 3.8) is 0 Å². The molecule has 0 saturated carbocycles. The lowest BCUT2D eigenvalue weighted by atomic mass is 10.0. The van der Waals surface area contributed by atoms with E-state index in [0.29, 0.717) is 18.7 Å². The smallest absolute Gasteiger partial charge is 0.254 e. The molecule has 0 aliphatic rings. The number of rotatable bonds is 7. The van der Waals surface area contributed by atoms with Crippen molar-refractivity contribution in [1.29, 1.82) is 0 Å². The summed E-state index contributed by atoms with van der Waals surface area (Å²) in [6, 6.07) is 12.4. The molecule has 26 heavy (non-hydrogen) atoms. The molecule has 0 aliphatic heterocycles. The van der Waals surface area contributed by atoms with Crippen LogP contribution in [0.5, 0.6) is 0 Å². The van der Waals surface area contributed by atoms with E-state index in [1.807, 2.05) is 38.1 Å². The Morgan fingerprint density at radius 2 is 1.73 bits per heavy atom. The normalized spacial score (nSPS) is 11.8. The lowest BCUT2D eigenvalue weighted by molar-refractivity contribution is -0.123. The van der Waals surface area contributed by atoms with Crippen LogP contribution in [0.2, 0.25) is 0 Å². The Balaban J connectivity index is 1.93. The van der Waals surface area contributed by atoms with Crippen molar-refractivity contribution < 1.29 is 14.0 Å². The van der Waals surface area contributed by atoms with Crippen LogP contribution >= 0.6 is 0 Å². The van der Waals surface area contributed by atoms with Crippen molar-refractivity contribution in [2.24, 2.45) is 5.92 Å². The van der Waals surface area contributed by atoms with Gasteiger partial charge in [0.25, 0.3) is 5.91 Å². The van der Waals surface area contributed by atoms with Crippen molar-refractivity contribution in [1.82, 2.24) is 10.6 Å². The summed E-state index contributed by atoms with van der Waals surface area (Å²) in [6.45, 7) is 4.08. The first-order valence-corrected chi connectivity index (χ1v) is 8.56. The maximum Gasteiger partial charge on any atom is 0.254 e. The number of nitrogens with one attached hydrogen (secondary N) is 2. The highest BCUT2D eigenvalue weighted by Crippen LogP contribution is 2.09. The van der Waals surface area contributed by atoms with Crippen LogP contribution in [-0.2, 0) is 11.2 Å². The van der Waals surface area contributed by atoms with Crippen LogP contribution in [0.1, 0.15) is 29.8 Å². The van der Waals surface area contributed by atoms with Gasteiger partial charge < -0.3 is 16.4 Å². The van der Waals surface area contributed by atoms with E-state index < -0.39 is 17.8 Å². The Labute approximate surface area is 152 Å². The molecule has 0 spiro atoms. The molecular weight excluding hydrogens is 333 g/mol. The zero-order valence-corrected chi connectivity index (χ0v) is 15.0. The number of amides is 2. The first-order valence-electron chi connectivity index (χ1n) is 8.56. The molecule has 2 rings (SSSR count). The Morgan fingerprint density at radius 3 is 2.35 bits per heavy atom. The second-order valence-electron chi connectivity index (χ2n) is 6.46. The molecule has 0 radical (unpaired) electrons. The van der Waals surface area contributed by atoms with E-state index >= 15 is 0 Å². The van der Waals surface area contributed by atoms with Crippen molar-refractivity contribution in [3.8, 4) is 0 Å². The molecule has 4 N–H and O–H groups in total. The standard InChI is InChI=1S/C20H24FN3O2/c1-13(2)18(24-19(25)16-5-3-4-6-17(16)21)20(26)23-12-11-14-7-9-15(22)10-8-14/h3-10,13,18H,11-12,22H2,1-2H3,(H,23,26)(H,24,25). The summed E-state index contributed by atoms with van der Waals surface area (Å²) >= 11 is 0. The Morgan fingerprint density at radius 1 is 1.08 bits per heavy atom. The third-order valence-electron chi connectivity index (χ3n) is 4.05. The summed E-state index contributed by atoms with van der Waals surface area (Å²) in [6.07, 6.45) is 0.651. The Hall–Kier alpha value is -2.89. The predicted octanol–water partition coefficient (Wildman–Crippen LogP) is 2.52. The molecule has 0 fully saturated rings. The van der Waals surface area contributed by atoms with Gasteiger partial charge in [0.15, 0.2) is 0 Å². The second-order valence-corrected chi connectivity index (χ2v) is 6.46. The van der Waals surface area contributed by atoms with Gasteiger partial charge >= 0.3 is 0 Å². The minimum absolute atomic E-state index is 0.0761. The molecule has 2 amide bonds. The summed E-state index contributed by atoms with van der Waals surface area (Å²) in [4.78, 5) is 24.7. The number of anilines is 1. The molecule has 6 heteroatoms. The molecule has 138 valence electrons. The highest BCUT2D eigenvalue weighted by Gasteiger charge is 2.25. The Bertz CT molecular complexity index is 760. The van der Waals surface area contributed by atoms with Crippen LogP contribution in [-0.4, -0.2) is 24.4 Å². The molecule has 0 saturated heterocycles. The maximum atomic E-state index is 13.7. The second kappa shape index (κ2) is 8.99. The summed E-state index contributed by atoms with van der Waals surface area (Å²) in [7, 11) is 0. The maximum absolute atomic E-state index is 13.7. The SMILES string of the molecule is CC(C)C(NC(=O)c1ccccc1F)C(=O)NCCc1ccc(N)cc1. The van der Waals surface area contributed by atoms with E-state index in [0.717, 1.165) is 5.56 Å². The number of hydrogen-bond acceptors (Lipinski definition) is 3. The van der Waals surface area contributed by atoms with Crippen LogP contribution in [0.3, 0.4) is 0 Å². The Kier molecular flexibility index (Phi) is 6.72. The number of nitrogen functional groups attached to an aromatic ring is 1. The first-order chi connectivity index (χ1) is 12.4. The molecule has 0 aliphatic carbocycles. The number of halogens is 1. The van der Waals surface area contributed by atoms with Gasteiger partial charge in [-0.3, -0.25) is 9.59 Å². The summed E-state index contributed by atoms with van der Waals surface area (Å²) in [5.41, 5.74) is 7.31. The summed E-state index contributed by atoms with van der Waals surface area (Å²) < 4.78 is 13.7. The van der Waals surface area contributed by atoms with E-state index in [1.165, 1.54) is 18.2 Å². The van der Waals surface area contributed by atoms with Gasteiger partial charge in [0.2, 0.25) is 5.91 Å². The zero-order chi connectivity index (χ0) is 19.1. The largest absolute Gasteiger partial charge is 0.399 e. The lowest BCUT2D eigenvalue weighted by Gasteiger charge is -2.22. The number of hydrogen-bond donors (Lipinski definition) is 3. The fourth-order valence-electron chi connectivity index (χ4n) is 2.52. The average Bonchev–Trinajstić information content (AvgIpc) is 2.61. The molecule has 0 aromatic heterocycles. The summed E-state index contributed by atoms with van der Waals surface area (Å²) in [5, 5.41) is 5.44. The zero-order valence-electron chi connectivity index (χ0n) is 15.0. The van der Waals surface area contributed by atoms with Gasteiger partial charge in [0.1, 0.15) is 11.9 Å². The van der Waals surface area contributed by atoms with Gasteiger partial charge in [-0.25, -0.2) is 4.39 Å². The summed E-state index contributed by atoms with van der Waals surface area (Å²) in [5.74, 6) is -1.64. The van der Waals surface area contributed by atoms with E-state index in [1.54, 1.807) is 6.07 Å². The third-order valence-corrected chi connectivity index (χ3v) is 4.05. The van der Waals surface area contributed by atoms with Gasteiger partial charge in [0, 0.05) is 12.2 Å². The fourth-order valence-corrected chi connectivity index (χ4v) is 2.52. The minimum Gasteiger partial charge on any atom is -0.399 e. The highest BCUT2D eigenvalue weighted by atomic mass is 19.1. The van der Waals surface area contributed by atoms with Crippen LogP contribution in [0.25, 0.3) is 0 Å². The van der Waals surface area contributed by atoms with E-state index in [4.69, 9.17) is 5.73 Å². The molecule has 5 nitrogen and oxygen atoms in total. The van der Waals surface area contributed by atoms with E-state index in [-0.39, 0.29) is 17.4 Å². The number of nitrogens with two attached hydrogens (primary N) is 1. The van der Waals surface area contributed by atoms with E-state index in [9.17, 15) is 14.0 Å². The molecule has 2 aromatic carbocycles. The quantitative estimate of drug-likeness (QED) is 0.666. The van der Waals surface area contributed by atoms with Gasteiger partial charge in [-0.15, -0.1) is 0 Å². The van der Waals surface area contributed by atoms with Crippen molar-refractivity contribution in [2.45, 2.75) is 26.3 Å². The number of carbonyl (C=O) groups excluding carboxylic acids is 2. The average molecular weight is 357 g/mol. The van der Waals surface area contributed by atoms with Crippen LogP contribution in [0.4, 0.5) is 10.1 Å². The third kappa shape index (κ3) is 5.31. The lowest BCUT2D eigenvalue weighted by Crippen LogP contribution is -2.50. The minimum atomic E-state index is -0.742. The first kappa shape index (κ1) is 19.4. The molecule has 0 bridgehead atoms. The molecular formula is C20H24FN3O2. The van der Waals surface area contributed by atoms with Gasteiger partial charge in [-0.1, -0.05) is 38.1 Å². The molecule has 0 heterocycles. The number of benzene rings is 2. The van der Waals surface area contributed by atoms with Crippen LogP contribution < -0.4 is 16.4 Å². The molecule has 2 aromatic rings. The predicted molar refractivity (Wildman–Crippen MR) is 100 cm³/mol. The van der Waals surface area contributed by atoms with Gasteiger partial charge in [-0.2, -0.15) is 0 Å². The van der Waals surface area contributed by atoms with Crippen LogP contribution in [0.15, 0.2) is 48.5 Å². The monoisotopic (exact) mass is 357 g/mol. The van der Waals surface area contributed by atoms with Crippen LogP contribution in [0, 0.1) is 11.7 Å². The highest BCUT2D eigenvalue weighted by molar-refractivity contribution is 5.97. The molecule has 1 unspecified atom stereocenters. The van der Waals surface area contributed by atoms with Crippen molar-refractivity contribution in [3.05, 3.63) is 65.5 Å². The number of carbonyl (C=O) groups is 2. The molecule has 1 atom stereocenters. The fraction of sp³-hybridized carbons (Fsp3) is 0.300.